The van der Waals surface area contributed by atoms with Crippen LogP contribution in [0.15, 0.2) is 30.3 Å². The van der Waals surface area contributed by atoms with E-state index in [-0.39, 0.29) is 0 Å². The molecule has 2 saturated heterocycles. The van der Waals surface area contributed by atoms with Crippen LogP contribution < -0.4 is 5.32 Å². The average Bonchev–Trinajstić information content (AvgIpc) is 2.49. The number of nitrogens with one attached hydrogen (secondary N) is 1. The van der Waals surface area contributed by atoms with Gasteiger partial charge in [-0.2, -0.15) is 0 Å². The van der Waals surface area contributed by atoms with Gasteiger partial charge in [0.15, 0.2) is 0 Å². The summed E-state index contributed by atoms with van der Waals surface area (Å²) in [6.07, 6.45) is 5.50. The van der Waals surface area contributed by atoms with Crippen molar-refractivity contribution in [3.8, 4) is 0 Å². The summed E-state index contributed by atoms with van der Waals surface area (Å²) in [6, 6.07) is 10.1. The number of rotatable bonds is 2. The summed E-state index contributed by atoms with van der Waals surface area (Å²) in [6.45, 7) is 4.11. The molecule has 0 bridgehead atoms. The fourth-order valence-corrected chi connectivity index (χ4v) is 3.68. The average molecular weight is 272 g/mol. The van der Waals surface area contributed by atoms with Crippen LogP contribution in [0.25, 0.3) is 0 Å². The Hall–Kier alpha value is -1.35. The third-order valence-corrected chi connectivity index (χ3v) is 4.77. The highest BCUT2D eigenvalue weighted by atomic mass is 16.2. The van der Waals surface area contributed by atoms with E-state index in [1.807, 2.05) is 30.3 Å². The monoisotopic (exact) mass is 272 g/mol. The molecule has 1 amide bonds. The Morgan fingerprint density at radius 3 is 2.75 bits per heavy atom. The van der Waals surface area contributed by atoms with Gasteiger partial charge in [0.25, 0.3) is 0 Å². The van der Waals surface area contributed by atoms with Crippen LogP contribution in [0.4, 0.5) is 0 Å². The lowest BCUT2D eigenvalue weighted by molar-refractivity contribution is -0.134. The predicted molar refractivity (Wildman–Crippen MR) is 80.5 cm³/mol. The van der Waals surface area contributed by atoms with Crippen molar-refractivity contribution in [3.63, 3.8) is 0 Å². The van der Waals surface area contributed by atoms with Gasteiger partial charge in [0.2, 0.25) is 5.91 Å². The van der Waals surface area contributed by atoms with E-state index in [1.165, 1.54) is 19.3 Å². The molecule has 0 aromatic heterocycles. The lowest BCUT2D eigenvalue weighted by Crippen LogP contribution is -2.52. The molecule has 3 rings (SSSR count). The van der Waals surface area contributed by atoms with Crippen LogP contribution in [-0.4, -0.2) is 37.0 Å². The first-order valence-corrected chi connectivity index (χ1v) is 7.80. The fraction of sp³-hybridized carbons (Fsp3) is 0.588. The molecule has 108 valence electrons. The first-order chi connectivity index (χ1) is 9.77. The van der Waals surface area contributed by atoms with Crippen LogP contribution >= 0.6 is 0 Å². The molecule has 0 aliphatic carbocycles. The van der Waals surface area contributed by atoms with E-state index < -0.39 is 0 Å². The van der Waals surface area contributed by atoms with Gasteiger partial charge in [0, 0.05) is 25.0 Å². The van der Waals surface area contributed by atoms with Gasteiger partial charge in [-0.25, -0.2) is 0 Å². The summed E-state index contributed by atoms with van der Waals surface area (Å²) < 4.78 is 0. The molecule has 2 aliphatic heterocycles. The Bertz CT molecular complexity index is 446. The fourth-order valence-electron chi connectivity index (χ4n) is 3.68. The van der Waals surface area contributed by atoms with E-state index in [0.29, 0.717) is 17.7 Å². The van der Waals surface area contributed by atoms with E-state index in [2.05, 4.69) is 10.2 Å². The van der Waals surface area contributed by atoms with Gasteiger partial charge in [-0.1, -0.05) is 30.3 Å². The second-order valence-electron chi connectivity index (χ2n) is 6.36. The van der Waals surface area contributed by atoms with Gasteiger partial charge >= 0.3 is 0 Å². The number of benzene rings is 1. The molecule has 0 radical (unpaired) electrons. The van der Waals surface area contributed by atoms with Gasteiger partial charge in [-0.3, -0.25) is 4.79 Å². The molecule has 1 aromatic rings. The number of hydrogen-bond donors (Lipinski definition) is 1. The molecule has 1 spiro atoms. The molecule has 2 heterocycles. The zero-order valence-corrected chi connectivity index (χ0v) is 12.1. The minimum atomic E-state index is 0.292. The number of nitrogens with zero attached hydrogens (tertiary/aromatic N) is 1. The SMILES string of the molecule is O=C(Cc1ccccc1)N1CCCC2(CCCNC2)C1. The molecule has 2 aliphatic rings. The first-order valence-electron chi connectivity index (χ1n) is 7.80. The van der Waals surface area contributed by atoms with Gasteiger partial charge in [0.05, 0.1) is 6.42 Å². The number of carbonyl (C=O) groups excluding carboxylic acids is 1. The number of piperidine rings is 2. The molecule has 1 unspecified atom stereocenters. The van der Waals surface area contributed by atoms with Crippen molar-refractivity contribution in [1.29, 1.82) is 0 Å². The van der Waals surface area contributed by atoms with Gasteiger partial charge < -0.3 is 10.2 Å². The summed E-state index contributed by atoms with van der Waals surface area (Å²) in [5, 5.41) is 3.52. The largest absolute Gasteiger partial charge is 0.342 e. The highest BCUT2D eigenvalue weighted by Gasteiger charge is 2.37. The summed E-state index contributed by atoms with van der Waals surface area (Å²) in [5.41, 5.74) is 1.47. The zero-order valence-electron chi connectivity index (χ0n) is 12.1. The Balaban J connectivity index is 1.63. The topological polar surface area (TPSA) is 32.3 Å². The number of amides is 1. The molecule has 1 aromatic carbocycles. The number of carbonyl (C=O) groups is 1. The van der Waals surface area contributed by atoms with Crippen LogP contribution in [0.2, 0.25) is 0 Å². The van der Waals surface area contributed by atoms with E-state index in [0.717, 1.165) is 38.2 Å². The third-order valence-electron chi connectivity index (χ3n) is 4.77. The van der Waals surface area contributed by atoms with E-state index >= 15 is 0 Å². The third kappa shape index (κ3) is 3.04. The second kappa shape index (κ2) is 5.96. The molecule has 3 heteroatoms. The van der Waals surface area contributed by atoms with Crippen molar-refractivity contribution in [1.82, 2.24) is 10.2 Å². The molecule has 1 N–H and O–H groups in total. The second-order valence-corrected chi connectivity index (χ2v) is 6.36. The lowest BCUT2D eigenvalue weighted by atomic mass is 9.74. The van der Waals surface area contributed by atoms with E-state index in [1.54, 1.807) is 0 Å². The first kappa shape index (κ1) is 13.6. The predicted octanol–water partition coefficient (Wildman–Crippen LogP) is 2.22. The van der Waals surface area contributed by atoms with Crippen LogP contribution in [0.3, 0.4) is 0 Å². The maximum atomic E-state index is 12.5. The summed E-state index contributed by atoms with van der Waals surface area (Å²) in [5.74, 6) is 0.292. The van der Waals surface area contributed by atoms with Crippen LogP contribution in [0, 0.1) is 5.41 Å². The number of likely N-dealkylation sites (tertiary alicyclic amines) is 1. The minimum Gasteiger partial charge on any atom is -0.342 e. The summed E-state index contributed by atoms with van der Waals surface area (Å²) >= 11 is 0. The van der Waals surface area contributed by atoms with Crippen LogP contribution in [0.5, 0.6) is 0 Å². The molecule has 3 nitrogen and oxygen atoms in total. The normalized spacial score (nSPS) is 26.7. The van der Waals surface area contributed by atoms with Crippen LogP contribution in [0.1, 0.15) is 31.2 Å². The van der Waals surface area contributed by atoms with Crippen molar-refractivity contribution < 1.29 is 4.79 Å². The lowest BCUT2D eigenvalue weighted by Gasteiger charge is -2.45. The molecular formula is C17H24N2O. The van der Waals surface area contributed by atoms with Crippen molar-refractivity contribution in [3.05, 3.63) is 35.9 Å². The molecular weight excluding hydrogens is 248 g/mol. The van der Waals surface area contributed by atoms with Gasteiger partial charge in [0.1, 0.15) is 0 Å². The smallest absolute Gasteiger partial charge is 0.227 e. The Kier molecular flexibility index (Phi) is 4.06. The molecule has 0 saturated carbocycles. The number of hydrogen-bond acceptors (Lipinski definition) is 2. The van der Waals surface area contributed by atoms with E-state index in [4.69, 9.17) is 0 Å². The zero-order chi connectivity index (χ0) is 13.8. The minimum absolute atomic E-state index is 0.292. The molecule has 1 atom stereocenters. The molecule has 20 heavy (non-hydrogen) atoms. The summed E-state index contributed by atoms with van der Waals surface area (Å²) in [4.78, 5) is 14.6. The van der Waals surface area contributed by atoms with Crippen molar-refractivity contribution in [2.75, 3.05) is 26.2 Å². The Morgan fingerprint density at radius 2 is 2.00 bits per heavy atom. The highest BCUT2D eigenvalue weighted by molar-refractivity contribution is 5.78. The Labute approximate surface area is 121 Å². The van der Waals surface area contributed by atoms with Crippen molar-refractivity contribution in [2.24, 2.45) is 5.41 Å². The highest BCUT2D eigenvalue weighted by Crippen LogP contribution is 2.36. The maximum absolute atomic E-state index is 12.5. The summed E-state index contributed by atoms with van der Waals surface area (Å²) in [7, 11) is 0. The quantitative estimate of drug-likeness (QED) is 0.895. The van der Waals surface area contributed by atoms with Gasteiger partial charge in [-0.15, -0.1) is 0 Å². The standard InChI is InChI=1S/C17H24N2O/c20-16(12-15-6-2-1-3-7-15)19-11-5-9-17(14-19)8-4-10-18-13-17/h1-3,6-7,18H,4-5,8-14H2. The Morgan fingerprint density at radius 1 is 1.20 bits per heavy atom. The van der Waals surface area contributed by atoms with Crippen LogP contribution in [-0.2, 0) is 11.2 Å². The van der Waals surface area contributed by atoms with Gasteiger partial charge in [-0.05, 0) is 37.8 Å². The van der Waals surface area contributed by atoms with Crippen molar-refractivity contribution >= 4 is 5.91 Å². The maximum Gasteiger partial charge on any atom is 0.227 e. The van der Waals surface area contributed by atoms with Crippen molar-refractivity contribution in [2.45, 2.75) is 32.1 Å². The van der Waals surface area contributed by atoms with E-state index in [9.17, 15) is 4.79 Å². The molecule has 2 fully saturated rings.